The van der Waals surface area contributed by atoms with Gasteiger partial charge in [-0.2, -0.15) is 0 Å². The van der Waals surface area contributed by atoms with E-state index >= 15 is 0 Å². The molecule has 0 unspecified atom stereocenters. The molecule has 8 aromatic carbocycles. The first-order valence-corrected chi connectivity index (χ1v) is 19.7. The fraction of sp³-hybridized carbons (Fsp3) is 0. The summed E-state index contributed by atoms with van der Waals surface area (Å²) in [6.45, 7) is 0. The molecule has 12 aromatic rings. The molecule has 0 N–H and O–H groups in total. The summed E-state index contributed by atoms with van der Waals surface area (Å²) < 4.78 is 12.8. The first kappa shape index (κ1) is 30.0. The maximum atomic E-state index is 6.53. The zero-order chi connectivity index (χ0) is 35.3. The van der Waals surface area contributed by atoms with Gasteiger partial charge in [-0.25, -0.2) is 4.98 Å². The van der Waals surface area contributed by atoms with Crippen LogP contribution in [0.15, 0.2) is 174 Å². The van der Waals surface area contributed by atoms with Crippen molar-refractivity contribution in [2.75, 3.05) is 0 Å². The molecule has 0 atom stereocenters. The van der Waals surface area contributed by atoms with Gasteiger partial charge in [0.1, 0.15) is 16.2 Å². The molecule has 0 spiro atoms. The first-order chi connectivity index (χ1) is 26.8. The lowest BCUT2D eigenvalue weighted by Gasteiger charge is -2.13. The van der Waals surface area contributed by atoms with E-state index in [1.807, 2.05) is 17.4 Å². The first-order valence-electron chi connectivity index (χ1n) is 18.1. The number of nitrogens with zero attached hydrogens (tertiary/aromatic N) is 2. The summed E-state index contributed by atoms with van der Waals surface area (Å²) in [6.07, 6.45) is 0. The molecule has 0 aliphatic carbocycles. The van der Waals surface area contributed by atoms with E-state index in [4.69, 9.17) is 9.40 Å². The molecule has 252 valence electrons. The summed E-state index contributed by atoms with van der Waals surface area (Å²) in [5, 5.41) is 8.31. The number of rotatable bonds is 4. The van der Waals surface area contributed by atoms with Gasteiger partial charge in [-0.3, -0.25) is 0 Å². The Morgan fingerprint density at radius 1 is 0.444 bits per heavy atom. The number of thiophene rings is 1. The van der Waals surface area contributed by atoms with E-state index in [1.165, 1.54) is 46.8 Å². The lowest BCUT2D eigenvalue weighted by Crippen LogP contribution is -1.97. The number of furan rings is 1. The van der Waals surface area contributed by atoms with Gasteiger partial charge in [-0.05, 0) is 77.4 Å². The van der Waals surface area contributed by atoms with Crippen LogP contribution in [0.5, 0.6) is 0 Å². The van der Waals surface area contributed by atoms with Crippen molar-refractivity contribution in [2.24, 2.45) is 0 Å². The number of thiazole rings is 1. The molecular formula is C49H28N2OS2. The molecule has 0 aliphatic heterocycles. The average Bonchev–Trinajstić information content (AvgIpc) is 4.00. The van der Waals surface area contributed by atoms with Gasteiger partial charge in [-0.1, -0.05) is 109 Å². The number of fused-ring (bicyclic) bond motifs is 10. The quantitative estimate of drug-likeness (QED) is 0.181. The minimum Gasteiger partial charge on any atom is -0.455 e. The number of hydrogen-bond donors (Lipinski definition) is 0. The molecule has 0 saturated carbocycles. The summed E-state index contributed by atoms with van der Waals surface area (Å²) in [5.74, 6) is 0. The van der Waals surface area contributed by atoms with Crippen LogP contribution in [0.25, 0.3) is 113 Å². The van der Waals surface area contributed by atoms with Crippen molar-refractivity contribution in [3.8, 4) is 38.5 Å². The highest BCUT2D eigenvalue weighted by Crippen LogP contribution is 2.44. The molecule has 0 radical (unpaired) electrons. The average molecular weight is 725 g/mol. The van der Waals surface area contributed by atoms with E-state index in [9.17, 15) is 0 Å². The van der Waals surface area contributed by atoms with Crippen molar-refractivity contribution >= 4 is 96.8 Å². The predicted molar refractivity (Wildman–Crippen MR) is 230 cm³/mol. The normalized spacial score (nSPS) is 12.1. The Balaban J connectivity index is 1.14. The zero-order valence-electron chi connectivity index (χ0n) is 28.8. The Bertz CT molecular complexity index is 3260. The summed E-state index contributed by atoms with van der Waals surface area (Å²) in [6, 6.07) is 61.3. The highest BCUT2D eigenvalue weighted by atomic mass is 32.1. The van der Waals surface area contributed by atoms with Crippen LogP contribution >= 0.6 is 22.7 Å². The highest BCUT2D eigenvalue weighted by molar-refractivity contribution is 7.26. The minimum atomic E-state index is 0.907. The lowest BCUT2D eigenvalue weighted by atomic mass is 9.98. The molecule has 0 bridgehead atoms. The van der Waals surface area contributed by atoms with Crippen LogP contribution in [0.4, 0.5) is 0 Å². The number of para-hydroxylation sites is 4. The molecule has 0 saturated heterocycles. The Hall–Kier alpha value is -6.53. The summed E-state index contributed by atoms with van der Waals surface area (Å²) >= 11 is 3.62. The third kappa shape index (κ3) is 4.37. The second kappa shape index (κ2) is 11.5. The van der Waals surface area contributed by atoms with E-state index in [0.29, 0.717) is 0 Å². The minimum absolute atomic E-state index is 0.907. The number of hydrogen-bond acceptors (Lipinski definition) is 4. The lowest BCUT2D eigenvalue weighted by molar-refractivity contribution is 0.670. The fourth-order valence-electron chi connectivity index (χ4n) is 8.40. The van der Waals surface area contributed by atoms with Crippen molar-refractivity contribution in [1.82, 2.24) is 9.55 Å². The van der Waals surface area contributed by atoms with Crippen molar-refractivity contribution < 1.29 is 4.42 Å². The van der Waals surface area contributed by atoms with Crippen LogP contribution in [0.2, 0.25) is 0 Å². The molecule has 54 heavy (non-hydrogen) atoms. The highest BCUT2D eigenvalue weighted by Gasteiger charge is 2.21. The molecule has 5 heteroatoms. The second-order valence-corrected chi connectivity index (χ2v) is 15.9. The van der Waals surface area contributed by atoms with Crippen LogP contribution in [0, 0.1) is 0 Å². The fourth-order valence-corrected chi connectivity index (χ4v) is 10.6. The van der Waals surface area contributed by atoms with Crippen LogP contribution in [0.1, 0.15) is 0 Å². The van der Waals surface area contributed by atoms with E-state index in [1.54, 1.807) is 11.3 Å². The Kier molecular flexibility index (Phi) is 6.38. The SMILES string of the molecule is c1ccc(-n2c3ccc(-c4cccc5c4oc4ccccc45)cc3c3cc(-c4cccc5c4sc4ccccc45)ccc32)c(-c2nc3ccccc3s2)c1. The van der Waals surface area contributed by atoms with Crippen LogP contribution in [0.3, 0.4) is 0 Å². The zero-order valence-corrected chi connectivity index (χ0v) is 30.4. The van der Waals surface area contributed by atoms with Crippen molar-refractivity contribution in [3.63, 3.8) is 0 Å². The van der Waals surface area contributed by atoms with Crippen LogP contribution < -0.4 is 0 Å². The van der Waals surface area contributed by atoms with Gasteiger partial charge < -0.3 is 8.98 Å². The summed E-state index contributed by atoms with van der Waals surface area (Å²) in [4.78, 5) is 5.11. The van der Waals surface area contributed by atoms with Crippen molar-refractivity contribution in [1.29, 1.82) is 0 Å². The van der Waals surface area contributed by atoms with Crippen molar-refractivity contribution in [2.45, 2.75) is 0 Å². The number of benzene rings is 8. The molecule has 12 rings (SSSR count). The summed E-state index contributed by atoms with van der Waals surface area (Å²) in [7, 11) is 0. The van der Waals surface area contributed by atoms with Gasteiger partial charge in [0.05, 0.1) is 26.9 Å². The molecule has 4 heterocycles. The van der Waals surface area contributed by atoms with Crippen molar-refractivity contribution in [3.05, 3.63) is 170 Å². The standard InChI is InChI=1S/C49H28N2OS2/c1-5-19-41(37(13-1)49-50-40-18-4-8-22-46(40)54-49)51-42-25-23-29(31-14-9-16-35-33-11-2-6-20-44(33)52-47(31)35)27-38(42)39-28-30(24-26-43(39)51)32-15-10-17-36-34-12-3-7-21-45(34)53-48(32)36/h1-28H. The molecule has 0 fully saturated rings. The Labute approximate surface area is 317 Å². The third-order valence-corrected chi connectivity index (χ3v) is 13.2. The van der Waals surface area contributed by atoms with Crippen LogP contribution in [-0.2, 0) is 0 Å². The maximum absolute atomic E-state index is 6.53. The third-order valence-electron chi connectivity index (χ3n) is 10.9. The van der Waals surface area contributed by atoms with E-state index in [0.717, 1.165) is 65.9 Å². The molecule has 3 nitrogen and oxygen atoms in total. The molecule has 0 amide bonds. The van der Waals surface area contributed by atoms with Gasteiger partial charge in [-0.15, -0.1) is 22.7 Å². The Morgan fingerprint density at radius 3 is 1.91 bits per heavy atom. The van der Waals surface area contributed by atoms with E-state index in [2.05, 4.69) is 168 Å². The smallest absolute Gasteiger partial charge is 0.143 e. The van der Waals surface area contributed by atoms with Gasteiger partial charge in [0.2, 0.25) is 0 Å². The second-order valence-electron chi connectivity index (χ2n) is 13.9. The largest absolute Gasteiger partial charge is 0.455 e. The summed E-state index contributed by atoms with van der Waals surface area (Å²) in [5.41, 5.74) is 12.1. The molecule has 0 aliphatic rings. The number of aromatic nitrogens is 2. The maximum Gasteiger partial charge on any atom is 0.143 e. The molecule has 4 aromatic heterocycles. The van der Waals surface area contributed by atoms with Gasteiger partial charge in [0.15, 0.2) is 0 Å². The predicted octanol–water partition coefficient (Wildman–Crippen LogP) is 14.7. The molecular weight excluding hydrogens is 697 g/mol. The van der Waals surface area contributed by atoms with E-state index in [-0.39, 0.29) is 0 Å². The van der Waals surface area contributed by atoms with Crippen LogP contribution in [-0.4, -0.2) is 9.55 Å². The Morgan fingerprint density at radius 2 is 1.07 bits per heavy atom. The van der Waals surface area contributed by atoms with Gasteiger partial charge >= 0.3 is 0 Å². The topological polar surface area (TPSA) is 31.0 Å². The monoisotopic (exact) mass is 724 g/mol. The van der Waals surface area contributed by atoms with Gasteiger partial charge in [0, 0.05) is 52.8 Å². The van der Waals surface area contributed by atoms with Gasteiger partial charge in [0.25, 0.3) is 0 Å². The van der Waals surface area contributed by atoms with E-state index < -0.39 is 0 Å².